The van der Waals surface area contributed by atoms with E-state index in [9.17, 15) is 5.11 Å². The van der Waals surface area contributed by atoms with Crippen molar-refractivity contribution in [3.63, 3.8) is 0 Å². The number of phenols is 1. The molecule has 0 aliphatic carbocycles. The minimum Gasteiger partial charge on any atom is -0.507 e. The summed E-state index contributed by atoms with van der Waals surface area (Å²) < 4.78 is 11.5. The van der Waals surface area contributed by atoms with Gasteiger partial charge in [-0.15, -0.1) is 0 Å². The maximum atomic E-state index is 9.88. The number of benzene rings is 2. The van der Waals surface area contributed by atoms with Crippen LogP contribution in [0, 0.1) is 20.8 Å². The van der Waals surface area contributed by atoms with Gasteiger partial charge in [0.05, 0.1) is 0 Å². The van der Waals surface area contributed by atoms with Crippen molar-refractivity contribution < 1.29 is 19.1 Å². The van der Waals surface area contributed by atoms with Gasteiger partial charge >= 0.3 is 0 Å². The van der Waals surface area contributed by atoms with Gasteiger partial charge in [-0.3, -0.25) is 0 Å². The smallest absolute Gasteiger partial charge is 0.226 e. The van der Waals surface area contributed by atoms with Gasteiger partial charge in [0.25, 0.3) is 0 Å². The van der Waals surface area contributed by atoms with E-state index in [1.807, 2.05) is 63.2 Å². The summed E-state index contributed by atoms with van der Waals surface area (Å²) in [6.45, 7) is 7.40. The lowest BCUT2D eigenvalue weighted by molar-refractivity contribution is -0.106. The van der Waals surface area contributed by atoms with Gasteiger partial charge in [0, 0.05) is 5.56 Å². The molecule has 1 N–H and O–H groups in total. The van der Waals surface area contributed by atoms with E-state index in [0.717, 1.165) is 40.2 Å². The summed E-state index contributed by atoms with van der Waals surface area (Å²) in [6, 6.07) is 13.4. The number of aryl methyl sites for hydroxylation is 3. The molecule has 5 nitrogen and oxygen atoms in total. The van der Waals surface area contributed by atoms with Crippen molar-refractivity contribution in [2.75, 3.05) is 0 Å². The van der Waals surface area contributed by atoms with E-state index in [1.54, 1.807) is 0 Å². The Morgan fingerprint density at radius 1 is 1.12 bits per heavy atom. The molecular weight excluding hydrogens is 330 g/mol. The summed E-state index contributed by atoms with van der Waals surface area (Å²) in [7, 11) is 0. The molecule has 0 bridgehead atoms. The maximum Gasteiger partial charge on any atom is 0.226 e. The number of rotatable bonds is 4. The monoisotopic (exact) mass is 353 g/mol. The van der Waals surface area contributed by atoms with Crippen LogP contribution in [0.3, 0.4) is 0 Å². The minimum atomic E-state index is 0.310. The van der Waals surface area contributed by atoms with Crippen LogP contribution in [-0.4, -0.2) is 16.4 Å². The molecule has 0 aliphatic rings. The Labute approximate surface area is 153 Å². The molecule has 0 unspecified atom stereocenters. The minimum absolute atomic E-state index is 0.310. The molecule has 0 radical (unpaired) electrons. The average molecular weight is 353 g/mol. The Morgan fingerprint density at radius 2 is 1.69 bits per heavy atom. The number of ether oxygens (including phenoxy) is 1. The van der Waals surface area contributed by atoms with Crippen LogP contribution >= 0.6 is 0 Å². The summed E-state index contributed by atoms with van der Waals surface area (Å²) in [6.07, 6.45) is 0.750. The van der Waals surface area contributed by atoms with Crippen LogP contribution in [0.15, 0.2) is 46.9 Å². The first-order valence-corrected chi connectivity index (χ1v) is 8.30. The highest BCUT2D eigenvalue weighted by molar-refractivity contribution is 5.60. The number of phenolic OH excluding ortho intramolecular Hbond substituents is 1. The Bertz CT molecular complexity index is 846. The molecule has 0 atom stereocenters. The number of aldehydes is 1. The van der Waals surface area contributed by atoms with E-state index in [0.29, 0.717) is 18.2 Å². The SMILES string of the molecule is CC=O.Cc1cc(-c2nc(COc3ccccc3)c(C)o2)cc(C)c1O. The van der Waals surface area contributed by atoms with E-state index < -0.39 is 0 Å². The zero-order valence-corrected chi connectivity index (χ0v) is 15.4. The number of hydrogen-bond acceptors (Lipinski definition) is 5. The van der Waals surface area contributed by atoms with Crippen LogP contribution in [0.25, 0.3) is 11.5 Å². The Hall–Kier alpha value is -3.08. The highest BCUT2D eigenvalue weighted by Crippen LogP contribution is 2.30. The fourth-order valence-corrected chi connectivity index (χ4v) is 2.43. The molecule has 1 aromatic heterocycles. The lowest BCUT2D eigenvalue weighted by atomic mass is 10.1. The number of nitrogens with zero attached hydrogens (tertiary/aromatic N) is 1. The molecule has 0 aliphatic heterocycles. The van der Waals surface area contributed by atoms with Crippen LogP contribution in [-0.2, 0) is 11.4 Å². The van der Waals surface area contributed by atoms with Crippen LogP contribution in [0.4, 0.5) is 0 Å². The van der Waals surface area contributed by atoms with Crippen molar-refractivity contribution in [1.82, 2.24) is 4.98 Å². The molecule has 3 rings (SSSR count). The highest BCUT2D eigenvalue weighted by Gasteiger charge is 2.14. The summed E-state index contributed by atoms with van der Waals surface area (Å²) >= 11 is 0. The van der Waals surface area contributed by atoms with Gasteiger partial charge in [-0.05, 0) is 63.1 Å². The standard InChI is InChI=1S/C19H19NO3.C2H4O/c1-12-9-15(10-13(2)18(12)21)19-20-17(14(3)23-19)11-22-16-7-5-4-6-8-16;1-2-3/h4-10,21H,11H2,1-3H3;2H,1H3. The average Bonchev–Trinajstić information content (AvgIpc) is 3.00. The second kappa shape index (κ2) is 8.85. The normalized spacial score (nSPS) is 10.0. The van der Waals surface area contributed by atoms with Crippen LogP contribution < -0.4 is 4.74 Å². The van der Waals surface area contributed by atoms with Gasteiger partial charge in [0.1, 0.15) is 35.8 Å². The topological polar surface area (TPSA) is 72.6 Å². The van der Waals surface area contributed by atoms with Gasteiger partial charge in [-0.25, -0.2) is 4.98 Å². The quantitative estimate of drug-likeness (QED) is 0.685. The largest absolute Gasteiger partial charge is 0.507 e. The molecule has 5 heteroatoms. The predicted molar refractivity (Wildman–Crippen MR) is 100 cm³/mol. The number of para-hydroxylation sites is 1. The second-order valence-corrected chi connectivity index (χ2v) is 5.82. The van der Waals surface area contributed by atoms with E-state index in [1.165, 1.54) is 6.92 Å². The zero-order chi connectivity index (χ0) is 19.1. The number of carbonyl (C=O) groups excluding carboxylic acids is 1. The molecule has 0 amide bonds. The van der Waals surface area contributed by atoms with Gasteiger partial charge in [-0.2, -0.15) is 0 Å². The molecule has 136 valence electrons. The van der Waals surface area contributed by atoms with Crippen molar-refractivity contribution in [2.24, 2.45) is 0 Å². The summed E-state index contributed by atoms with van der Waals surface area (Å²) in [5.74, 6) is 2.39. The summed E-state index contributed by atoms with van der Waals surface area (Å²) in [5, 5.41) is 9.88. The van der Waals surface area contributed by atoms with Crippen molar-refractivity contribution in [2.45, 2.75) is 34.3 Å². The lowest BCUT2D eigenvalue weighted by Gasteiger charge is -2.05. The zero-order valence-electron chi connectivity index (χ0n) is 15.4. The molecule has 0 saturated heterocycles. The first kappa shape index (κ1) is 19.2. The number of hydrogen-bond donors (Lipinski definition) is 1. The predicted octanol–water partition coefficient (Wildman–Crippen LogP) is 4.76. The molecule has 1 heterocycles. The number of oxazole rings is 1. The number of carbonyl (C=O) groups is 1. The molecule has 26 heavy (non-hydrogen) atoms. The van der Waals surface area contributed by atoms with Gasteiger partial charge < -0.3 is 19.1 Å². The Kier molecular flexibility index (Phi) is 6.55. The van der Waals surface area contributed by atoms with Crippen molar-refractivity contribution >= 4 is 6.29 Å². The molecule has 0 fully saturated rings. The van der Waals surface area contributed by atoms with Crippen molar-refractivity contribution in [1.29, 1.82) is 0 Å². The highest BCUT2D eigenvalue weighted by atomic mass is 16.5. The van der Waals surface area contributed by atoms with E-state index >= 15 is 0 Å². The summed E-state index contributed by atoms with van der Waals surface area (Å²) in [4.78, 5) is 13.3. The van der Waals surface area contributed by atoms with Gasteiger partial charge in [0.2, 0.25) is 5.89 Å². The molecule has 0 spiro atoms. The second-order valence-electron chi connectivity index (χ2n) is 5.82. The van der Waals surface area contributed by atoms with Crippen LogP contribution in [0.2, 0.25) is 0 Å². The van der Waals surface area contributed by atoms with Crippen LogP contribution in [0.5, 0.6) is 11.5 Å². The summed E-state index contributed by atoms with van der Waals surface area (Å²) in [5.41, 5.74) is 3.23. The number of aromatic nitrogens is 1. The Balaban J connectivity index is 0.000000758. The maximum absolute atomic E-state index is 9.88. The first-order chi connectivity index (χ1) is 12.5. The van der Waals surface area contributed by atoms with Crippen molar-refractivity contribution in [3.05, 3.63) is 65.0 Å². The third kappa shape index (κ3) is 4.72. The fraction of sp³-hybridized carbons (Fsp3) is 0.238. The van der Waals surface area contributed by atoms with E-state index in [2.05, 4.69) is 4.98 Å². The van der Waals surface area contributed by atoms with E-state index in [-0.39, 0.29) is 0 Å². The molecule has 0 saturated carbocycles. The molecule has 2 aromatic carbocycles. The first-order valence-electron chi connectivity index (χ1n) is 8.30. The van der Waals surface area contributed by atoms with Gasteiger partial charge in [0.15, 0.2) is 0 Å². The van der Waals surface area contributed by atoms with Crippen LogP contribution in [0.1, 0.15) is 29.5 Å². The third-order valence-corrected chi connectivity index (χ3v) is 3.75. The number of aromatic hydroxyl groups is 1. The Morgan fingerprint density at radius 3 is 2.27 bits per heavy atom. The fourth-order valence-electron chi connectivity index (χ4n) is 2.43. The third-order valence-electron chi connectivity index (χ3n) is 3.75. The van der Waals surface area contributed by atoms with Crippen molar-refractivity contribution in [3.8, 4) is 23.0 Å². The van der Waals surface area contributed by atoms with Gasteiger partial charge in [-0.1, -0.05) is 18.2 Å². The lowest BCUT2D eigenvalue weighted by Crippen LogP contribution is -1.97. The molecule has 3 aromatic rings. The van der Waals surface area contributed by atoms with E-state index in [4.69, 9.17) is 13.9 Å². The molecular formula is C21H23NO4.